The molecular weight excluding hydrogens is 242 g/mol. The summed E-state index contributed by atoms with van der Waals surface area (Å²) < 4.78 is 1.65. The SMILES string of the molecule is Cn1cc(C(=O)Nc2cnccn2)c(C(C)(C)C)n1. The topological polar surface area (TPSA) is 72.7 Å². The molecule has 0 fully saturated rings. The predicted octanol–water partition coefficient (Wildman–Crippen LogP) is 1.76. The lowest BCUT2D eigenvalue weighted by Crippen LogP contribution is -2.20. The first-order valence-corrected chi connectivity index (χ1v) is 5.99. The van der Waals surface area contributed by atoms with Crippen LogP contribution in [0.1, 0.15) is 36.8 Å². The lowest BCUT2D eigenvalue weighted by Gasteiger charge is -2.16. The lowest BCUT2D eigenvalue weighted by atomic mass is 9.89. The van der Waals surface area contributed by atoms with Gasteiger partial charge in [-0.2, -0.15) is 5.10 Å². The monoisotopic (exact) mass is 259 g/mol. The highest BCUT2D eigenvalue weighted by atomic mass is 16.1. The molecule has 100 valence electrons. The van der Waals surface area contributed by atoms with Crippen LogP contribution >= 0.6 is 0 Å². The van der Waals surface area contributed by atoms with E-state index in [1.807, 2.05) is 20.8 Å². The van der Waals surface area contributed by atoms with E-state index in [2.05, 4.69) is 20.4 Å². The third kappa shape index (κ3) is 2.96. The van der Waals surface area contributed by atoms with Crippen LogP contribution in [0, 0.1) is 0 Å². The van der Waals surface area contributed by atoms with Crippen LogP contribution < -0.4 is 5.32 Å². The number of hydrogen-bond acceptors (Lipinski definition) is 4. The van der Waals surface area contributed by atoms with Crippen LogP contribution in [0.5, 0.6) is 0 Å². The maximum absolute atomic E-state index is 12.3. The van der Waals surface area contributed by atoms with Gasteiger partial charge < -0.3 is 5.32 Å². The van der Waals surface area contributed by atoms with E-state index < -0.39 is 0 Å². The number of aryl methyl sites for hydroxylation is 1. The number of nitrogens with zero attached hydrogens (tertiary/aromatic N) is 4. The maximum Gasteiger partial charge on any atom is 0.260 e. The molecular formula is C13H17N5O. The lowest BCUT2D eigenvalue weighted by molar-refractivity contribution is 0.102. The molecule has 6 nitrogen and oxygen atoms in total. The molecule has 0 bridgehead atoms. The zero-order chi connectivity index (χ0) is 14.0. The van der Waals surface area contributed by atoms with Gasteiger partial charge in [0.05, 0.1) is 17.5 Å². The van der Waals surface area contributed by atoms with Crippen LogP contribution in [0.15, 0.2) is 24.8 Å². The first-order valence-electron chi connectivity index (χ1n) is 5.99. The number of hydrogen-bond donors (Lipinski definition) is 1. The molecule has 0 aliphatic carbocycles. The summed E-state index contributed by atoms with van der Waals surface area (Å²) in [6.07, 6.45) is 6.31. The summed E-state index contributed by atoms with van der Waals surface area (Å²) >= 11 is 0. The largest absolute Gasteiger partial charge is 0.305 e. The molecule has 6 heteroatoms. The van der Waals surface area contributed by atoms with E-state index >= 15 is 0 Å². The van der Waals surface area contributed by atoms with E-state index in [9.17, 15) is 4.79 Å². The average Bonchev–Trinajstić information content (AvgIpc) is 2.72. The molecule has 0 aliphatic heterocycles. The van der Waals surface area contributed by atoms with Gasteiger partial charge in [0, 0.05) is 31.1 Å². The van der Waals surface area contributed by atoms with Crippen LogP contribution in [0.25, 0.3) is 0 Å². The van der Waals surface area contributed by atoms with Crippen LogP contribution in [-0.4, -0.2) is 25.7 Å². The molecule has 0 radical (unpaired) electrons. The van der Waals surface area contributed by atoms with Gasteiger partial charge >= 0.3 is 0 Å². The van der Waals surface area contributed by atoms with Crippen LogP contribution in [0.3, 0.4) is 0 Å². The molecule has 2 rings (SSSR count). The highest BCUT2D eigenvalue weighted by molar-refractivity contribution is 6.04. The molecule has 19 heavy (non-hydrogen) atoms. The quantitative estimate of drug-likeness (QED) is 0.892. The van der Waals surface area contributed by atoms with Crippen molar-refractivity contribution in [3.8, 4) is 0 Å². The molecule has 0 aliphatic rings. The molecule has 2 heterocycles. The third-order valence-electron chi connectivity index (χ3n) is 2.59. The second-order valence-electron chi connectivity index (χ2n) is 5.36. The standard InChI is InChI=1S/C13H17N5O/c1-13(2,3)11-9(8-18(4)17-11)12(19)16-10-7-14-5-6-15-10/h5-8H,1-4H3,(H,15,16,19). The number of carbonyl (C=O) groups excluding carboxylic acids is 1. The third-order valence-corrected chi connectivity index (χ3v) is 2.59. The van der Waals surface area contributed by atoms with Crippen LogP contribution in [0.4, 0.5) is 5.82 Å². The number of nitrogens with one attached hydrogen (secondary N) is 1. The van der Waals surface area contributed by atoms with Crippen LogP contribution in [0.2, 0.25) is 0 Å². The molecule has 0 spiro atoms. The van der Waals surface area contributed by atoms with E-state index in [0.29, 0.717) is 11.4 Å². The molecule has 0 saturated carbocycles. The normalized spacial score (nSPS) is 11.4. The van der Waals surface area contributed by atoms with Crippen molar-refractivity contribution in [2.75, 3.05) is 5.32 Å². The van der Waals surface area contributed by atoms with Gasteiger partial charge in [-0.25, -0.2) is 4.98 Å². The minimum Gasteiger partial charge on any atom is -0.305 e. The number of rotatable bonds is 2. The summed E-state index contributed by atoms with van der Waals surface area (Å²) in [5, 5.41) is 7.08. The first-order chi connectivity index (χ1) is 8.88. The summed E-state index contributed by atoms with van der Waals surface area (Å²) in [6, 6.07) is 0. The first kappa shape index (κ1) is 13.2. The number of amides is 1. The second-order valence-corrected chi connectivity index (χ2v) is 5.36. The zero-order valence-electron chi connectivity index (χ0n) is 11.5. The Balaban J connectivity index is 2.30. The van der Waals surface area contributed by atoms with Crippen molar-refractivity contribution < 1.29 is 4.79 Å². The molecule has 1 N–H and O–H groups in total. The summed E-state index contributed by atoms with van der Waals surface area (Å²) in [5.41, 5.74) is 1.12. The van der Waals surface area contributed by atoms with E-state index in [4.69, 9.17) is 0 Å². The molecule has 1 amide bonds. The second kappa shape index (κ2) is 4.79. The Hall–Kier alpha value is -2.24. The number of anilines is 1. The predicted molar refractivity (Wildman–Crippen MR) is 71.9 cm³/mol. The smallest absolute Gasteiger partial charge is 0.260 e. The zero-order valence-corrected chi connectivity index (χ0v) is 11.5. The molecule has 2 aromatic heterocycles. The van der Waals surface area contributed by atoms with E-state index in [1.54, 1.807) is 24.1 Å². The molecule has 0 atom stereocenters. The van der Waals surface area contributed by atoms with Crippen molar-refractivity contribution in [3.05, 3.63) is 36.0 Å². The van der Waals surface area contributed by atoms with Crippen molar-refractivity contribution in [1.82, 2.24) is 19.7 Å². The average molecular weight is 259 g/mol. The van der Waals surface area contributed by atoms with Crippen molar-refractivity contribution >= 4 is 11.7 Å². The fourth-order valence-electron chi connectivity index (χ4n) is 1.76. The molecule has 2 aromatic rings. The Morgan fingerprint density at radius 1 is 1.32 bits per heavy atom. The Morgan fingerprint density at radius 2 is 2.05 bits per heavy atom. The van der Waals surface area contributed by atoms with Gasteiger partial charge in [0.2, 0.25) is 0 Å². The van der Waals surface area contributed by atoms with Crippen LogP contribution in [-0.2, 0) is 12.5 Å². The Labute approximate surface area is 111 Å². The van der Waals surface area contributed by atoms with Crippen molar-refractivity contribution in [1.29, 1.82) is 0 Å². The number of aromatic nitrogens is 4. The Morgan fingerprint density at radius 3 is 2.63 bits per heavy atom. The van der Waals surface area contributed by atoms with E-state index in [1.165, 1.54) is 12.4 Å². The van der Waals surface area contributed by atoms with Gasteiger partial charge in [0.15, 0.2) is 5.82 Å². The fraction of sp³-hybridized carbons (Fsp3) is 0.385. The molecule has 0 aromatic carbocycles. The Bertz CT molecular complexity index is 583. The van der Waals surface area contributed by atoms with Crippen molar-refractivity contribution in [2.45, 2.75) is 26.2 Å². The fourth-order valence-corrected chi connectivity index (χ4v) is 1.76. The minimum absolute atomic E-state index is 0.198. The van der Waals surface area contributed by atoms with Crippen molar-refractivity contribution in [3.63, 3.8) is 0 Å². The minimum atomic E-state index is -0.224. The number of carbonyl (C=O) groups is 1. The van der Waals surface area contributed by atoms with E-state index in [-0.39, 0.29) is 11.3 Å². The van der Waals surface area contributed by atoms with Crippen molar-refractivity contribution in [2.24, 2.45) is 7.05 Å². The van der Waals surface area contributed by atoms with Gasteiger partial charge in [-0.15, -0.1) is 0 Å². The summed E-state index contributed by atoms with van der Waals surface area (Å²) in [6.45, 7) is 6.07. The highest BCUT2D eigenvalue weighted by Crippen LogP contribution is 2.24. The molecule has 0 unspecified atom stereocenters. The molecule has 0 saturated heterocycles. The van der Waals surface area contributed by atoms with E-state index in [0.717, 1.165) is 5.69 Å². The van der Waals surface area contributed by atoms with Gasteiger partial charge in [-0.3, -0.25) is 14.5 Å². The summed E-state index contributed by atoms with van der Waals surface area (Å²) in [5.74, 6) is 0.203. The van der Waals surface area contributed by atoms with Gasteiger partial charge in [-0.05, 0) is 0 Å². The summed E-state index contributed by atoms with van der Waals surface area (Å²) in [4.78, 5) is 20.2. The maximum atomic E-state index is 12.3. The summed E-state index contributed by atoms with van der Waals surface area (Å²) in [7, 11) is 1.80. The highest BCUT2D eigenvalue weighted by Gasteiger charge is 2.25. The van der Waals surface area contributed by atoms with Gasteiger partial charge in [0.1, 0.15) is 0 Å². The van der Waals surface area contributed by atoms with Gasteiger partial charge in [0.25, 0.3) is 5.91 Å². The Kier molecular flexibility index (Phi) is 3.33. The van der Waals surface area contributed by atoms with Gasteiger partial charge in [-0.1, -0.05) is 20.8 Å².